The molecule has 0 saturated heterocycles. The quantitative estimate of drug-likeness (QED) is 0.894. The summed E-state index contributed by atoms with van der Waals surface area (Å²) in [5, 5.41) is 5.89. The molecule has 1 aromatic heterocycles. The molecule has 1 saturated carbocycles. The van der Waals surface area contributed by atoms with Gasteiger partial charge in [-0.05, 0) is 37.3 Å². The van der Waals surface area contributed by atoms with Crippen molar-refractivity contribution < 1.29 is 0 Å². The lowest BCUT2D eigenvalue weighted by Gasteiger charge is -2.27. The first-order valence-corrected chi connectivity index (χ1v) is 8.06. The first-order valence-electron chi connectivity index (χ1n) is 7.26. The number of benzene rings is 1. The Morgan fingerprint density at radius 2 is 2.15 bits per heavy atom. The summed E-state index contributed by atoms with van der Waals surface area (Å²) in [6.07, 6.45) is 6.69. The van der Waals surface area contributed by atoms with Crippen LogP contribution in [0.4, 0.5) is 5.82 Å². The van der Waals surface area contributed by atoms with Gasteiger partial charge in [0.2, 0.25) is 0 Å². The van der Waals surface area contributed by atoms with Crippen LogP contribution in [-0.4, -0.2) is 17.6 Å². The van der Waals surface area contributed by atoms with E-state index in [1.54, 1.807) is 0 Å². The molecule has 2 aromatic rings. The number of nitrogens with zero attached hydrogens (tertiary/aromatic N) is 1. The van der Waals surface area contributed by atoms with E-state index in [0.717, 1.165) is 23.3 Å². The molecule has 0 bridgehead atoms. The topological polar surface area (TPSA) is 50.9 Å². The van der Waals surface area contributed by atoms with Gasteiger partial charge < -0.3 is 11.1 Å². The van der Waals surface area contributed by atoms with Crippen LogP contribution in [0.15, 0.2) is 34.9 Å². The van der Waals surface area contributed by atoms with Crippen molar-refractivity contribution >= 4 is 32.5 Å². The molecular weight excluding hydrogens is 314 g/mol. The first kappa shape index (κ1) is 13.8. The number of pyridine rings is 1. The molecular formula is C16H20BrN3. The predicted molar refractivity (Wildman–Crippen MR) is 87.9 cm³/mol. The molecule has 0 radical (unpaired) electrons. The van der Waals surface area contributed by atoms with Crippen molar-refractivity contribution in [1.29, 1.82) is 0 Å². The smallest absolute Gasteiger partial charge is 0.133 e. The lowest BCUT2D eigenvalue weighted by atomic mass is 9.86. The number of halogens is 1. The van der Waals surface area contributed by atoms with Crippen LogP contribution in [0, 0.1) is 5.92 Å². The van der Waals surface area contributed by atoms with Gasteiger partial charge in [0.1, 0.15) is 5.82 Å². The predicted octanol–water partition coefficient (Wildman–Crippen LogP) is 3.93. The fourth-order valence-electron chi connectivity index (χ4n) is 3.07. The Bertz CT molecular complexity index is 599. The Kier molecular flexibility index (Phi) is 4.22. The highest BCUT2D eigenvalue weighted by Crippen LogP contribution is 2.29. The Labute approximate surface area is 128 Å². The SMILES string of the molecule is NC1CCCC(CNc2nccc3c(Br)cccc23)C1. The number of nitrogens with one attached hydrogen (secondary N) is 1. The second-order valence-electron chi connectivity index (χ2n) is 5.67. The van der Waals surface area contributed by atoms with Gasteiger partial charge in [-0.25, -0.2) is 4.98 Å². The van der Waals surface area contributed by atoms with E-state index in [-0.39, 0.29) is 0 Å². The van der Waals surface area contributed by atoms with Gasteiger partial charge in [0.05, 0.1) is 0 Å². The third-order valence-corrected chi connectivity index (χ3v) is 4.83. The van der Waals surface area contributed by atoms with E-state index in [1.165, 1.54) is 30.0 Å². The van der Waals surface area contributed by atoms with Crippen LogP contribution in [0.5, 0.6) is 0 Å². The van der Waals surface area contributed by atoms with Crippen LogP contribution in [0.25, 0.3) is 10.8 Å². The lowest BCUT2D eigenvalue weighted by Crippen LogP contribution is -2.31. The van der Waals surface area contributed by atoms with Gasteiger partial charge in [-0.2, -0.15) is 0 Å². The van der Waals surface area contributed by atoms with Crippen LogP contribution in [-0.2, 0) is 0 Å². The van der Waals surface area contributed by atoms with Crippen LogP contribution >= 0.6 is 15.9 Å². The minimum Gasteiger partial charge on any atom is -0.369 e. The highest BCUT2D eigenvalue weighted by molar-refractivity contribution is 9.10. The number of anilines is 1. The summed E-state index contributed by atoms with van der Waals surface area (Å²) < 4.78 is 1.11. The third-order valence-electron chi connectivity index (χ3n) is 4.13. The zero-order valence-corrected chi connectivity index (χ0v) is 13.1. The molecule has 1 aliphatic carbocycles. The molecule has 4 heteroatoms. The lowest BCUT2D eigenvalue weighted by molar-refractivity contribution is 0.335. The van der Waals surface area contributed by atoms with Gasteiger partial charge >= 0.3 is 0 Å². The number of hydrogen-bond acceptors (Lipinski definition) is 3. The summed E-state index contributed by atoms with van der Waals surface area (Å²) in [6, 6.07) is 8.65. The maximum Gasteiger partial charge on any atom is 0.133 e. The molecule has 106 valence electrons. The molecule has 3 N–H and O–H groups in total. The molecule has 3 rings (SSSR count). The van der Waals surface area contributed by atoms with Gasteiger partial charge in [-0.3, -0.25) is 0 Å². The van der Waals surface area contributed by atoms with Crippen molar-refractivity contribution in [2.24, 2.45) is 11.7 Å². The number of rotatable bonds is 3. The summed E-state index contributed by atoms with van der Waals surface area (Å²) in [4.78, 5) is 4.49. The Morgan fingerprint density at radius 1 is 1.25 bits per heavy atom. The van der Waals surface area contributed by atoms with Crippen molar-refractivity contribution in [3.63, 3.8) is 0 Å². The van der Waals surface area contributed by atoms with E-state index in [0.29, 0.717) is 12.0 Å². The van der Waals surface area contributed by atoms with Gasteiger partial charge in [0.25, 0.3) is 0 Å². The Balaban J connectivity index is 1.76. The van der Waals surface area contributed by atoms with Crippen LogP contribution in [0.1, 0.15) is 25.7 Å². The largest absolute Gasteiger partial charge is 0.369 e. The van der Waals surface area contributed by atoms with Crippen molar-refractivity contribution in [1.82, 2.24) is 4.98 Å². The molecule has 0 spiro atoms. The van der Waals surface area contributed by atoms with Crippen molar-refractivity contribution in [2.45, 2.75) is 31.7 Å². The minimum atomic E-state index is 0.380. The average molecular weight is 334 g/mol. The van der Waals surface area contributed by atoms with Gasteiger partial charge in [-0.1, -0.05) is 34.5 Å². The molecule has 2 unspecified atom stereocenters. The molecule has 1 fully saturated rings. The van der Waals surface area contributed by atoms with Crippen molar-refractivity contribution in [3.8, 4) is 0 Å². The number of nitrogens with two attached hydrogens (primary N) is 1. The first-order chi connectivity index (χ1) is 9.74. The zero-order valence-electron chi connectivity index (χ0n) is 11.5. The maximum absolute atomic E-state index is 6.05. The fourth-order valence-corrected chi connectivity index (χ4v) is 3.57. The number of hydrogen-bond donors (Lipinski definition) is 2. The maximum atomic E-state index is 6.05. The summed E-state index contributed by atoms with van der Waals surface area (Å²) in [6.45, 7) is 0.965. The molecule has 3 nitrogen and oxygen atoms in total. The van der Waals surface area contributed by atoms with Crippen molar-refractivity contribution in [2.75, 3.05) is 11.9 Å². The summed E-state index contributed by atoms with van der Waals surface area (Å²) in [7, 11) is 0. The van der Waals surface area contributed by atoms with E-state index in [2.05, 4.69) is 44.4 Å². The van der Waals surface area contributed by atoms with E-state index in [1.807, 2.05) is 12.3 Å². The standard InChI is InChI=1S/C16H20BrN3/c17-15-6-2-5-14-13(15)7-8-19-16(14)20-10-11-3-1-4-12(18)9-11/h2,5-8,11-12H,1,3-4,9-10,18H2,(H,19,20). The molecule has 20 heavy (non-hydrogen) atoms. The molecule has 1 aromatic carbocycles. The van der Waals surface area contributed by atoms with Gasteiger partial charge in [-0.15, -0.1) is 0 Å². The molecule has 1 aliphatic rings. The Morgan fingerprint density at radius 3 is 3.00 bits per heavy atom. The minimum absolute atomic E-state index is 0.380. The van der Waals surface area contributed by atoms with Crippen LogP contribution < -0.4 is 11.1 Å². The fraction of sp³-hybridized carbons (Fsp3) is 0.438. The second kappa shape index (κ2) is 6.10. The van der Waals surface area contributed by atoms with Gasteiger partial charge in [0.15, 0.2) is 0 Å². The third kappa shape index (κ3) is 2.96. The zero-order chi connectivity index (χ0) is 13.9. The summed E-state index contributed by atoms with van der Waals surface area (Å²) >= 11 is 3.59. The van der Waals surface area contributed by atoms with Crippen LogP contribution in [0.2, 0.25) is 0 Å². The number of fused-ring (bicyclic) bond motifs is 1. The highest BCUT2D eigenvalue weighted by atomic mass is 79.9. The molecule has 1 heterocycles. The van der Waals surface area contributed by atoms with E-state index < -0.39 is 0 Å². The van der Waals surface area contributed by atoms with Gasteiger partial charge in [0, 0.05) is 34.0 Å². The Hall–Kier alpha value is -1.13. The van der Waals surface area contributed by atoms with E-state index >= 15 is 0 Å². The van der Waals surface area contributed by atoms with Crippen molar-refractivity contribution in [3.05, 3.63) is 34.9 Å². The monoisotopic (exact) mass is 333 g/mol. The average Bonchev–Trinajstić information content (AvgIpc) is 2.46. The van der Waals surface area contributed by atoms with E-state index in [4.69, 9.17) is 5.73 Å². The second-order valence-corrected chi connectivity index (χ2v) is 6.52. The normalized spacial score (nSPS) is 22.9. The van der Waals surface area contributed by atoms with E-state index in [9.17, 15) is 0 Å². The number of aromatic nitrogens is 1. The molecule has 0 amide bonds. The summed E-state index contributed by atoms with van der Waals surface area (Å²) in [5.41, 5.74) is 6.05. The summed E-state index contributed by atoms with van der Waals surface area (Å²) in [5.74, 6) is 1.64. The van der Waals surface area contributed by atoms with Crippen LogP contribution in [0.3, 0.4) is 0 Å². The highest BCUT2D eigenvalue weighted by Gasteiger charge is 2.19. The molecule has 2 atom stereocenters. The molecule has 0 aliphatic heterocycles.